The lowest BCUT2D eigenvalue weighted by Gasteiger charge is -2.26. The first-order valence-corrected chi connectivity index (χ1v) is 9.33. The van der Waals surface area contributed by atoms with Gasteiger partial charge in [0.2, 0.25) is 29.5 Å². The van der Waals surface area contributed by atoms with Gasteiger partial charge in [0, 0.05) is 0 Å². The Kier molecular flexibility index (Phi) is 11.3. The van der Waals surface area contributed by atoms with Crippen molar-refractivity contribution in [3.05, 3.63) is 0 Å². The molecular formula is C17H28N6O9. The SMILES string of the molecule is CC(C)C(NC(=O)C(CC(N)=O)NC(=O)C(N)CC(=O)O)C(=O)NC(CC(N)=O)C(=O)O. The van der Waals surface area contributed by atoms with Gasteiger partial charge in [-0.2, -0.15) is 0 Å². The Hall–Kier alpha value is -3.75. The number of primary amides is 2. The van der Waals surface area contributed by atoms with E-state index < -0.39 is 90.8 Å². The van der Waals surface area contributed by atoms with E-state index in [0.717, 1.165) is 0 Å². The van der Waals surface area contributed by atoms with Gasteiger partial charge in [-0.3, -0.25) is 28.8 Å². The highest BCUT2D eigenvalue weighted by atomic mass is 16.4. The predicted octanol–water partition coefficient (Wildman–Crippen LogP) is -4.27. The van der Waals surface area contributed by atoms with Crippen LogP contribution in [-0.4, -0.2) is 75.9 Å². The molecule has 0 saturated heterocycles. The number of hydrogen-bond donors (Lipinski definition) is 8. The molecule has 0 spiro atoms. The Morgan fingerprint density at radius 2 is 1.19 bits per heavy atom. The molecule has 0 aliphatic carbocycles. The molecule has 32 heavy (non-hydrogen) atoms. The van der Waals surface area contributed by atoms with Crippen molar-refractivity contribution in [3.63, 3.8) is 0 Å². The van der Waals surface area contributed by atoms with Crippen molar-refractivity contribution in [3.8, 4) is 0 Å². The van der Waals surface area contributed by atoms with Gasteiger partial charge >= 0.3 is 11.9 Å². The molecule has 15 heteroatoms. The fraction of sp³-hybridized carbons (Fsp3) is 0.588. The van der Waals surface area contributed by atoms with Crippen molar-refractivity contribution < 1.29 is 43.8 Å². The number of rotatable bonds is 14. The Balaban J connectivity index is 5.47. The summed E-state index contributed by atoms with van der Waals surface area (Å²) in [5, 5.41) is 24.2. The number of carbonyl (C=O) groups excluding carboxylic acids is 5. The fourth-order valence-electron chi connectivity index (χ4n) is 2.42. The summed E-state index contributed by atoms with van der Waals surface area (Å²) in [6, 6.07) is -6.09. The van der Waals surface area contributed by atoms with E-state index in [2.05, 4.69) is 16.0 Å². The molecule has 0 aliphatic heterocycles. The van der Waals surface area contributed by atoms with E-state index in [1.807, 2.05) is 0 Å². The predicted molar refractivity (Wildman–Crippen MR) is 106 cm³/mol. The standard InChI is InChI=1S/C17H28N6O9/c1-6(2)13(16(30)22-9(17(31)32)5-11(20)25)23-15(29)8(4-10(19)24)21-14(28)7(18)3-12(26)27/h6-9,13H,3-5,18H2,1-2H3,(H2,19,24)(H2,20,25)(H,21,28)(H,22,30)(H,23,29)(H,26,27)(H,31,32). The van der Waals surface area contributed by atoms with Gasteiger partial charge in [-0.25, -0.2) is 4.79 Å². The van der Waals surface area contributed by atoms with Crippen LogP contribution in [0, 0.1) is 5.92 Å². The Morgan fingerprint density at radius 1 is 0.719 bits per heavy atom. The average molecular weight is 460 g/mol. The minimum Gasteiger partial charge on any atom is -0.481 e. The van der Waals surface area contributed by atoms with Crippen LogP contribution in [0.25, 0.3) is 0 Å². The molecule has 15 nitrogen and oxygen atoms in total. The Labute approximate surface area is 182 Å². The molecule has 0 saturated carbocycles. The van der Waals surface area contributed by atoms with E-state index in [4.69, 9.17) is 27.4 Å². The van der Waals surface area contributed by atoms with Crippen LogP contribution in [0.4, 0.5) is 0 Å². The molecule has 0 aliphatic rings. The van der Waals surface area contributed by atoms with Crippen LogP contribution in [0.15, 0.2) is 0 Å². The third kappa shape index (κ3) is 10.3. The molecule has 4 unspecified atom stereocenters. The second-order valence-electron chi connectivity index (χ2n) is 7.24. The largest absolute Gasteiger partial charge is 0.481 e. The van der Waals surface area contributed by atoms with Crippen molar-refractivity contribution in [2.24, 2.45) is 23.1 Å². The fourth-order valence-corrected chi connectivity index (χ4v) is 2.42. The smallest absolute Gasteiger partial charge is 0.326 e. The van der Waals surface area contributed by atoms with Gasteiger partial charge in [0.25, 0.3) is 0 Å². The summed E-state index contributed by atoms with van der Waals surface area (Å²) in [4.78, 5) is 81.3. The van der Waals surface area contributed by atoms with Crippen molar-refractivity contribution in [1.82, 2.24) is 16.0 Å². The lowest BCUT2D eigenvalue weighted by molar-refractivity contribution is -0.144. The number of aliphatic carboxylic acids is 2. The van der Waals surface area contributed by atoms with Crippen molar-refractivity contribution in [2.45, 2.75) is 57.3 Å². The van der Waals surface area contributed by atoms with E-state index >= 15 is 0 Å². The minimum absolute atomic E-state index is 0.596. The molecule has 0 aromatic rings. The van der Waals surface area contributed by atoms with Crippen LogP contribution < -0.4 is 33.2 Å². The molecule has 0 aromatic heterocycles. The van der Waals surface area contributed by atoms with Gasteiger partial charge in [0.15, 0.2) is 0 Å². The van der Waals surface area contributed by atoms with E-state index in [9.17, 15) is 33.6 Å². The molecule has 4 atom stereocenters. The molecule has 0 bridgehead atoms. The number of carboxylic acids is 2. The summed E-state index contributed by atoms with van der Waals surface area (Å²) in [7, 11) is 0. The van der Waals surface area contributed by atoms with Crippen LogP contribution >= 0.6 is 0 Å². The molecule has 0 fully saturated rings. The quantitative estimate of drug-likeness (QED) is 0.123. The summed E-state index contributed by atoms with van der Waals surface area (Å²) < 4.78 is 0. The van der Waals surface area contributed by atoms with Gasteiger partial charge < -0.3 is 43.4 Å². The van der Waals surface area contributed by atoms with Crippen LogP contribution in [-0.2, 0) is 33.6 Å². The minimum atomic E-state index is -1.65. The summed E-state index contributed by atoms with van der Waals surface area (Å²) in [6.45, 7) is 3.03. The first-order valence-electron chi connectivity index (χ1n) is 9.33. The van der Waals surface area contributed by atoms with Gasteiger partial charge in [-0.15, -0.1) is 0 Å². The Morgan fingerprint density at radius 3 is 1.59 bits per heavy atom. The highest BCUT2D eigenvalue weighted by molar-refractivity contribution is 5.97. The number of hydrogen-bond acceptors (Lipinski definition) is 8. The third-order valence-electron chi connectivity index (χ3n) is 4.04. The highest BCUT2D eigenvalue weighted by Crippen LogP contribution is 2.06. The molecule has 0 radical (unpaired) electrons. The van der Waals surface area contributed by atoms with E-state index in [1.165, 1.54) is 13.8 Å². The van der Waals surface area contributed by atoms with Gasteiger partial charge in [-0.05, 0) is 5.92 Å². The van der Waals surface area contributed by atoms with E-state index in [-0.39, 0.29) is 0 Å². The number of amides is 5. The molecule has 0 heterocycles. The number of nitrogens with one attached hydrogen (secondary N) is 3. The molecule has 0 aromatic carbocycles. The maximum absolute atomic E-state index is 12.6. The third-order valence-corrected chi connectivity index (χ3v) is 4.04. The monoisotopic (exact) mass is 460 g/mol. The zero-order chi connectivity index (χ0) is 25.2. The number of nitrogens with two attached hydrogens (primary N) is 3. The van der Waals surface area contributed by atoms with Crippen LogP contribution in [0.1, 0.15) is 33.1 Å². The maximum atomic E-state index is 12.6. The highest BCUT2D eigenvalue weighted by Gasteiger charge is 2.33. The average Bonchev–Trinajstić information content (AvgIpc) is 2.62. The molecular weight excluding hydrogens is 432 g/mol. The number of carboxylic acid groups (broad SMARTS) is 2. The maximum Gasteiger partial charge on any atom is 0.326 e. The summed E-state index contributed by atoms with van der Waals surface area (Å²) in [6.07, 6.45) is -2.13. The van der Waals surface area contributed by atoms with Crippen molar-refractivity contribution >= 4 is 41.5 Å². The first-order chi connectivity index (χ1) is 14.6. The van der Waals surface area contributed by atoms with Crippen LogP contribution in [0.5, 0.6) is 0 Å². The molecule has 11 N–H and O–H groups in total. The second-order valence-corrected chi connectivity index (χ2v) is 7.24. The number of carbonyl (C=O) groups is 7. The molecule has 180 valence electrons. The lowest BCUT2D eigenvalue weighted by atomic mass is 10.0. The van der Waals surface area contributed by atoms with Crippen molar-refractivity contribution in [2.75, 3.05) is 0 Å². The molecule has 0 rings (SSSR count). The van der Waals surface area contributed by atoms with Crippen LogP contribution in [0.3, 0.4) is 0 Å². The van der Waals surface area contributed by atoms with Gasteiger partial charge in [0.05, 0.1) is 25.3 Å². The van der Waals surface area contributed by atoms with Crippen molar-refractivity contribution in [1.29, 1.82) is 0 Å². The normalized spacial score (nSPS) is 14.4. The lowest BCUT2D eigenvalue weighted by Crippen LogP contribution is -2.59. The first kappa shape index (κ1) is 28.2. The summed E-state index contributed by atoms with van der Waals surface area (Å²) in [5.41, 5.74) is 15.5. The van der Waals surface area contributed by atoms with Gasteiger partial charge in [0.1, 0.15) is 18.1 Å². The van der Waals surface area contributed by atoms with Gasteiger partial charge in [-0.1, -0.05) is 13.8 Å². The summed E-state index contributed by atoms with van der Waals surface area (Å²) >= 11 is 0. The zero-order valence-electron chi connectivity index (χ0n) is 17.5. The topological polar surface area (TPSA) is 274 Å². The molecule has 5 amide bonds. The van der Waals surface area contributed by atoms with E-state index in [1.54, 1.807) is 0 Å². The summed E-state index contributed by atoms with van der Waals surface area (Å²) in [5.74, 6) is -8.52. The van der Waals surface area contributed by atoms with E-state index in [0.29, 0.717) is 0 Å². The van der Waals surface area contributed by atoms with Crippen LogP contribution in [0.2, 0.25) is 0 Å². The zero-order valence-corrected chi connectivity index (χ0v) is 17.5. The second kappa shape index (κ2) is 12.8. The Bertz CT molecular complexity index is 770.